The molecule has 6 nitrogen and oxygen atoms in total. The minimum absolute atomic E-state index is 0. The molecular weight excluding hydrogens is 322 g/mol. The van der Waals surface area contributed by atoms with Crippen molar-refractivity contribution in [3.8, 4) is 0 Å². The van der Waals surface area contributed by atoms with Gasteiger partial charge in [-0.25, -0.2) is 0 Å². The molecule has 6 heteroatoms. The molecule has 1 saturated carbocycles. The maximum atomic E-state index is 12.6. The Bertz CT molecular complexity index is 548. The number of carbonyl (C=O) groups is 2. The van der Waals surface area contributed by atoms with Gasteiger partial charge >= 0.3 is 5.97 Å². The van der Waals surface area contributed by atoms with Crippen LogP contribution in [0.15, 0.2) is 30.3 Å². The Morgan fingerprint density at radius 1 is 1.04 bits per heavy atom. The van der Waals surface area contributed by atoms with E-state index < -0.39 is 11.9 Å². The molecule has 3 unspecified atom stereocenters. The average molecular weight is 351 g/mol. The molecule has 1 aliphatic heterocycles. The summed E-state index contributed by atoms with van der Waals surface area (Å²) in [6, 6.07) is 9.56. The zero-order chi connectivity index (χ0) is 16.2. The molecule has 1 aromatic carbocycles. The summed E-state index contributed by atoms with van der Waals surface area (Å²) in [5, 5.41) is 9.46. The molecule has 140 valence electrons. The number of aliphatic carboxylic acids is 1. The SMILES string of the molecule is O.O.O=C(O)C(CC(=O)N1CC2CCCCC2C1)Cc1ccccc1. The van der Waals surface area contributed by atoms with Gasteiger partial charge in [0.15, 0.2) is 0 Å². The second kappa shape index (κ2) is 9.53. The van der Waals surface area contributed by atoms with Gasteiger partial charge in [0.05, 0.1) is 5.92 Å². The summed E-state index contributed by atoms with van der Waals surface area (Å²) in [6.07, 6.45) is 5.53. The van der Waals surface area contributed by atoms with Crippen LogP contribution in [0.3, 0.4) is 0 Å². The van der Waals surface area contributed by atoms with Crippen molar-refractivity contribution in [2.24, 2.45) is 17.8 Å². The van der Waals surface area contributed by atoms with Gasteiger partial charge in [-0.05, 0) is 36.7 Å². The molecule has 1 aromatic rings. The summed E-state index contributed by atoms with van der Waals surface area (Å²) < 4.78 is 0. The summed E-state index contributed by atoms with van der Waals surface area (Å²) in [7, 11) is 0. The molecule has 5 N–H and O–H groups in total. The van der Waals surface area contributed by atoms with E-state index in [4.69, 9.17) is 0 Å². The van der Waals surface area contributed by atoms with E-state index in [0.717, 1.165) is 18.7 Å². The van der Waals surface area contributed by atoms with Crippen LogP contribution in [0.25, 0.3) is 0 Å². The molecule has 1 heterocycles. The normalized spacial score (nSPS) is 23.0. The maximum Gasteiger partial charge on any atom is 0.307 e. The lowest BCUT2D eigenvalue weighted by Crippen LogP contribution is -2.33. The highest BCUT2D eigenvalue weighted by Crippen LogP contribution is 2.36. The number of amides is 1. The fraction of sp³-hybridized carbons (Fsp3) is 0.579. The number of carbonyl (C=O) groups excluding carboxylic acids is 1. The number of benzene rings is 1. The van der Waals surface area contributed by atoms with Crippen LogP contribution in [0, 0.1) is 17.8 Å². The summed E-state index contributed by atoms with van der Waals surface area (Å²) in [4.78, 5) is 26.0. The first kappa shape index (κ1) is 21.1. The highest BCUT2D eigenvalue weighted by molar-refractivity contribution is 5.82. The first-order valence-electron chi connectivity index (χ1n) is 8.68. The zero-order valence-electron chi connectivity index (χ0n) is 14.5. The monoisotopic (exact) mass is 351 g/mol. The van der Waals surface area contributed by atoms with Crippen molar-refractivity contribution in [3.63, 3.8) is 0 Å². The van der Waals surface area contributed by atoms with E-state index in [1.54, 1.807) is 0 Å². The molecule has 1 amide bonds. The van der Waals surface area contributed by atoms with E-state index in [2.05, 4.69) is 0 Å². The molecular formula is C19H29NO5. The Morgan fingerprint density at radius 3 is 2.12 bits per heavy atom. The van der Waals surface area contributed by atoms with E-state index in [0.29, 0.717) is 18.3 Å². The molecule has 1 aliphatic carbocycles. The third-order valence-corrected chi connectivity index (χ3v) is 5.42. The van der Waals surface area contributed by atoms with Gasteiger partial charge in [0.25, 0.3) is 0 Å². The second-order valence-corrected chi connectivity index (χ2v) is 7.03. The van der Waals surface area contributed by atoms with Crippen LogP contribution in [-0.2, 0) is 16.0 Å². The van der Waals surface area contributed by atoms with E-state index in [-0.39, 0.29) is 23.3 Å². The lowest BCUT2D eigenvalue weighted by molar-refractivity contribution is -0.145. The predicted octanol–water partition coefficient (Wildman–Crippen LogP) is 1.32. The van der Waals surface area contributed by atoms with Gasteiger partial charge in [-0.3, -0.25) is 9.59 Å². The van der Waals surface area contributed by atoms with Crippen LogP contribution < -0.4 is 0 Å². The Balaban J connectivity index is 0.00000156. The van der Waals surface area contributed by atoms with Crippen LogP contribution in [0.5, 0.6) is 0 Å². The lowest BCUT2D eigenvalue weighted by Gasteiger charge is -2.22. The summed E-state index contributed by atoms with van der Waals surface area (Å²) in [5.41, 5.74) is 0.975. The zero-order valence-corrected chi connectivity index (χ0v) is 14.5. The smallest absolute Gasteiger partial charge is 0.307 e. The highest BCUT2D eigenvalue weighted by atomic mass is 16.4. The molecule has 0 aromatic heterocycles. The Morgan fingerprint density at radius 2 is 1.60 bits per heavy atom. The molecule has 25 heavy (non-hydrogen) atoms. The Labute approximate surface area is 148 Å². The fourth-order valence-electron chi connectivity index (χ4n) is 4.09. The molecule has 2 fully saturated rings. The number of hydrogen-bond donors (Lipinski definition) is 1. The quantitative estimate of drug-likeness (QED) is 0.861. The van der Waals surface area contributed by atoms with Crippen LogP contribution in [0.1, 0.15) is 37.7 Å². The van der Waals surface area contributed by atoms with E-state index in [1.807, 2.05) is 35.2 Å². The van der Waals surface area contributed by atoms with E-state index in [1.165, 1.54) is 25.7 Å². The molecule has 1 saturated heterocycles. The average Bonchev–Trinajstić information content (AvgIpc) is 2.99. The number of carboxylic acids is 1. The standard InChI is InChI=1S/C19H25NO3.2H2O/c21-18(20-12-15-8-4-5-9-16(15)13-20)11-17(19(22)23)10-14-6-2-1-3-7-14;;/h1-3,6-7,15-17H,4-5,8-13H2,(H,22,23);2*1H2. The van der Waals surface area contributed by atoms with Gasteiger partial charge < -0.3 is 21.0 Å². The van der Waals surface area contributed by atoms with Gasteiger partial charge in [0.1, 0.15) is 0 Å². The predicted molar refractivity (Wildman–Crippen MR) is 95.1 cm³/mol. The summed E-state index contributed by atoms with van der Waals surface area (Å²) in [5.74, 6) is -0.204. The number of carboxylic acid groups (broad SMARTS) is 1. The number of nitrogens with zero attached hydrogens (tertiary/aromatic N) is 1. The lowest BCUT2D eigenvalue weighted by atomic mass is 9.82. The van der Waals surface area contributed by atoms with Crippen LogP contribution in [0.4, 0.5) is 0 Å². The van der Waals surface area contributed by atoms with Crippen molar-refractivity contribution in [2.75, 3.05) is 13.1 Å². The molecule has 3 atom stereocenters. The number of fused-ring (bicyclic) bond motifs is 1. The van der Waals surface area contributed by atoms with Crippen LogP contribution in [0.2, 0.25) is 0 Å². The number of hydrogen-bond acceptors (Lipinski definition) is 2. The van der Waals surface area contributed by atoms with Gasteiger partial charge in [0.2, 0.25) is 5.91 Å². The first-order valence-corrected chi connectivity index (χ1v) is 8.68. The summed E-state index contributed by atoms with van der Waals surface area (Å²) >= 11 is 0. The van der Waals surface area contributed by atoms with Crippen molar-refractivity contribution in [1.82, 2.24) is 4.90 Å². The third-order valence-electron chi connectivity index (χ3n) is 5.42. The fourth-order valence-corrected chi connectivity index (χ4v) is 4.09. The molecule has 0 bridgehead atoms. The largest absolute Gasteiger partial charge is 0.481 e. The number of rotatable bonds is 5. The number of likely N-dealkylation sites (tertiary alicyclic amines) is 1. The summed E-state index contributed by atoms with van der Waals surface area (Å²) in [6.45, 7) is 1.67. The van der Waals surface area contributed by atoms with Crippen molar-refractivity contribution < 1.29 is 25.6 Å². The van der Waals surface area contributed by atoms with Crippen molar-refractivity contribution in [3.05, 3.63) is 35.9 Å². The topological polar surface area (TPSA) is 121 Å². The van der Waals surface area contributed by atoms with Crippen molar-refractivity contribution in [2.45, 2.75) is 38.5 Å². The first-order chi connectivity index (χ1) is 11.1. The van der Waals surface area contributed by atoms with Gasteiger partial charge in [-0.15, -0.1) is 0 Å². The van der Waals surface area contributed by atoms with Crippen LogP contribution in [-0.4, -0.2) is 45.9 Å². The van der Waals surface area contributed by atoms with Gasteiger partial charge in [-0.1, -0.05) is 43.2 Å². The van der Waals surface area contributed by atoms with Crippen molar-refractivity contribution >= 4 is 11.9 Å². The Hall–Kier alpha value is -1.92. The molecule has 3 rings (SSSR count). The van der Waals surface area contributed by atoms with Gasteiger partial charge in [-0.2, -0.15) is 0 Å². The Kier molecular flexibility index (Phi) is 8.06. The highest BCUT2D eigenvalue weighted by Gasteiger charge is 2.37. The van der Waals surface area contributed by atoms with Crippen LogP contribution >= 0.6 is 0 Å². The molecule has 0 spiro atoms. The third kappa shape index (κ3) is 5.28. The molecule has 0 radical (unpaired) electrons. The van der Waals surface area contributed by atoms with Crippen molar-refractivity contribution in [1.29, 1.82) is 0 Å². The van der Waals surface area contributed by atoms with E-state index in [9.17, 15) is 14.7 Å². The minimum atomic E-state index is -0.876. The second-order valence-electron chi connectivity index (χ2n) is 7.03. The van der Waals surface area contributed by atoms with E-state index >= 15 is 0 Å². The van der Waals surface area contributed by atoms with Gasteiger partial charge in [0, 0.05) is 19.5 Å². The maximum absolute atomic E-state index is 12.6. The molecule has 2 aliphatic rings. The minimum Gasteiger partial charge on any atom is -0.481 e.